The minimum Gasteiger partial charge on any atom is -0.469 e. The first kappa shape index (κ1) is 11.7. The van der Waals surface area contributed by atoms with Crippen LogP contribution in [0.4, 0.5) is 0 Å². The van der Waals surface area contributed by atoms with E-state index in [0.29, 0.717) is 6.42 Å². The molecule has 0 bridgehead atoms. The van der Waals surface area contributed by atoms with E-state index in [-0.39, 0.29) is 11.4 Å². The quantitative estimate of drug-likeness (QED) is 0.539. The molecule has 0 heterocycles. The summed E-state index contributed by atoms with van der Waals surface area (Å²) in [6, 6.07) is 0. The summed E-state index contributed by atoms with van der Waals surface area (Å²) in [6.07, 6.45) is 11.2. The van der Waals surface area contributed by atoms with Gasteiger partial charge in [-0.2, -0.15) is 0 Å². The molecule has 2 rings (SSSR count). The zero-order valence-corrected chi connectivity index (χ0v) is 10.4. The SMILES string of the molecule is C/C=C/C[C@]1(CC(=O)OC)C[C@H]2CC[C@H]2C1. The van der Waals surface area contributed by atoms with Gasteiger partial charge in [-0.05, 0) is 56.3 Å². The van der Waals surface area contributed by atoms with E-state index in [1.807, 2.05) is 0 Å². The molecule has 16 heavy (non-hydrogen) atoms. The third kappa shape index (κ3) is 2.16. The number of esters is 1. The second-order valence-corrected chi connectivity index (χ2v) is 5.53. The topological polar surface area (TPSA) is 26.3 Å². The molecule has 0 aliphatic heterocycles. The van der Waals surface area contributed by atoms with E-state index in [9.17, 15) is 4.79 Å². The zero-order chi connectivity index (χ0) is 11.6. The molecule has 0 saturated heterocycles. The highest BCUT2D eigenvalue weighted by molar-refractivity contribution is 5.70. The van der Waals surface area contributed by atoms with Gasteiger partial charge in [-0.3, -0.25) is 4.79 Å². The lowest BCUT2D eigenvalue weighted by atomic mass is 9.77. The van der Waals surface area contributed by atoms with Crippen LogP contribution >= 0.6 is 0 Å². The average Bonchev–Trinajstić information content (AvgIpc) is 2.51. The van der Waals surface area contributed by atoms with Crippen molar-refractivity contribution in [3.8, 4) is 0 Å². The summed E-state index contributed by atoms with van der Waals surface area (Å²) in [5, 5.41) is 0. The molecule has 2 aliphatic carbocycles. The average molecular weight is 222 g/mol. The molecule has 0 aromatic heterocycles. The van der Waals surface area contributed by atoms with E-state index in [0.717, 1.165) is 18.3 Å². The van der Waals surface area contributed by atoms with E-state index in [4.69, 9.17) is 4.74 Å². The van der Waals surface area contributed by atoms with Crippen molar-refractivity contribution in [3.63, 3.8) is 0 Å². The van der Waals surface area contributed by atoms with Gasteiger partial charge in [-0.15, -0.1) is 0 Å². The third-order valence-corrected chi connectivity index (χ3v) is 4.50. The molecule has 0 N–H and O–H groups in total. The van der Waals surface area contributed by atoms with Gasteiger partial charge >= 0.3 is 5.97 Å². The first-order chi connectivity index (χ1) is 7.69. The van der Waals surface area contributed by atoms with Crippen molar-refractivity contribution < 1.29 is 9.53 Å². The Morgan fingerprint density at radius 3 is 2.44 bits per heavy atom. The lowest BCUT2D eigenvalue weighted by molar-refractivity contribution is -0.143. The molecule has 0 unspecified atom stereocenters. The number of ether oxygens (including phenoxy) is 1. The summed E-state index contributed by atoms with van der Waals surface area (Å²) in [5.74, 6) is 1.76. The van der Waals surface area contributed by atoms with Crippen LogP contribution in [0, 0.1) is 17.3 Å². The molecular weight excluding hydrogens is 200 g/mol. The van der Waals surface area contributed by atoms with Crippen LogP contribution in [-0.4, -0.2) is 13.1 Å². The number of carbonyl (C=O) groups excluding carboxylic acids is 1. The first-order valence-electron chi connectivity index (χ1n) is 6.37. The van der Waals surface area contributed by atoms with Gasteiger partial charge in [0.1, 0.15) is 0 Å². The van der Waals surface area contributed by atoms with Crippen LogP contribution in [0.25, 0.3) is 0 Å². The molecule has 0 radical (unpaired) electrons. The van der Waals surface area contributed by atoms with Crippen molar-refractivity contribution in [2.75, 3.05) is 7.11 Å². The van der Waals surface area contributed by atoms with Crippen molar-refractivity contribution in [1.82, 2.24) is 0 Å². The smallest absolute Gasteiger partial charge is 0.306 e. The van der Waals surface area contributed by atoms with Crippen LogP contribution in [0.3, 0.4) is 0 Å². The lowest BCUT2D eigenvalue weighted by Gasteiger charge is -2.29. The number of carbonyl (C=O) groups is 1. The van der Waals surface area contributed by atoms with Crippen molar-refractivity contribution in [1.29, 1.82) is 0 Å². The Hall–Kier alpha value is -0.790. The highest BCUT2D eigenvalue weighted by Crippen LogP contribution is 2.58. The molecule has 2 fully saturated rings. The number of methoxy groups -OCH3 is 1. The highest BCUT2D eigenvalue weighted by atomic mass is 16.5. The summed E-state index contributed by atoms with van der Waals surface area (Å²) >= 11 is 0. The monoisotopic (exact) mass is 222 g/mol. The molecule has 0 aromatic rings. The zero-order valence-electron chi connectivity index (χ0n) is 10.4. The Labute approximate surface area is 98.1 Å². The van der Waals surface area contributed by atoms with Crippen LogP contribution in [0.15, 0.2) is 12.2 Å². The van der Waals surface area contributed by atoms with Gasteiger partial charge in [0.2, 0.25) is 0 Å². The van der Waals surface area contributed by atoms with Gasteiger partial charge in [0.15, 0.2) is 0 Å². The number of hydrogen-bond donors (Lipinski definition) is 0. The molecule has 0 spiro atoms. The predicted octanol–water partition coefficient (Wildman–Crippen LogP) is 3.32. The van der Waals surface area contributed by atoms with E-state index in [1.54, 1.807) is 0 Å². The van der Waals surface area contributed by atoms with Crippen LogP contribution in [0.2, 0.25) is 0 Å². The molecule has 0 aromatic carbocycles. The van der Waals surface area contributed by atoms with Gasteiger partial charge in [-0.1, -0.05) is 12.2 Å². The van der Waals surface area contributed by atoms with Crippen molar-refractivity contribution in [3.05, 3.63) is 12.2 Å². The summed E-state index contributed by atoms with van der Waals surface area (Å²) < 4.78 is 4.85. The second-order valence-electron chi connectivity index (χ2n) is 5.53. The molecule has 90 valence electrons. The molecule has 3 atom stereocenters. The summed E-state index contributed by atoms with van der Waals surface area (Å²) in [6.45, 7) is 2.05. The number of hydrogen-bond acceptors (Lipinski definition) is 2. The lowest BCUT2D eigenvalue weighted by Crippen LogP contribution is -2.21. The van der Waals surface area contributed by atoms with Gasteiger partial charge in [0.05, 0.1) is 13.5 Å². The van der Waals surface area contributed by atoms with E-state index < -0.39 is 0 Å². The van der Waals surface area contributed by atoms with Gasteiger partial charge in [0.25, 0.3) is 0 Å². The number of fused-ring (bicyclic) bond motifs is 1. The maximum Gasteiger partial charge on any atom is 0.306 e. The molecule has 2 heteroatoms. The van der Waals surface area contributed by atoms with Crippen molar-refractivity contribution in [2.24, 2.45) is 17.3 Å². The van der Waals surface area contributed by atoms with E-state index in [1.165, 1.54) is 32.8 Å². The fraction of sp³-hybridized carbons (Fsp3) is 0.786. The number of allylic oxidation sites excluding steroid dienone is 2. The fourth-order valence-electron chi connectivity index (χ4n) is 3.50. The molecule has 2 aliphatic rings. The van der Waals surface area contributed by atoms with Crippen molar-refractivity contribution >= 4 is 5.97 Å². The van der Waals surface area contributed by atoms with Gasteiger partial charge < -0.3 is 4.74 Å². The third-order valence-electron chi connectivity index (χ3n) is 4.50. The van der Waals surface area contributed by atoms with Crippen molar-refractivity contribution in [2.45, 2.75) is 45.4 Å². The molecule has 0 amide bonds. The van der Waals surface area contributed by atoms with Crippen LogP contribution in [-0.2, 0) is 9.53 Å². The maximum absolute atomic E-state index is 11.5. The minimum atomic E-state index is -0.0363. The first-order valence-corrected chi connectivity index (χ1v) is 6.37. The van der Waals surface area contributed by atoms with Crippen LogP contribution < -0.4 is 0 Å². The molecule has 2 saturated carbocycles. The Bertz CT molecular complexity index is 281. The Kier molecular flexibility index (Phi) is 3.36. The largest absolute Gasteiger partial charge is 0.469 e. The summed E-state index contributed by atoms with van der Waals surface area (Å²) in [4.78, 5) is 11.5. The maximum atomic E-state index is 11.5. The minimum absolute atomic E-state index is 0.0363. The van der Waals surface area contributed by atoms with Crippen LogP contribution in [0.5, 0.6) is 0 Å². The normalized spacial score (nSPS) is 37.1. The molecule has 2 nitrogen and oxygen atoms in total. The summed E-state index contributed by atoms with van der Waals surface area (Å²) in [7, 11) is 1.50. The highest BCUT2D eigenvalue weighted by Gasteiger charge is 2.49. The summed E-state index contributed by atoms with van der Waals surface area (Å²) in [5.41, 5.74) is 0.214. The Balaban J connectivity index is 2.03. The Morgan fingerprint density at radius 1 is 1.38 bits per heavy atom. The molecular formula is C14H22O2. The Morgan fingerprint density at radius 2 is 2.00 bits per heavy atom. The van der Waals surface area contributed by atoms with Gasteiger partial charge in [-0.25, -0.2) is 0 Å². The van der Waals surface area contributed by atoms with E-state index in [2.05, 4.69) is 19.1 Å². The number of rotatable bonds is 4. The standard InChI is InChI=1S/C14H22O2/c1-3-4-7-14(10-13(15)16-2)8-11-5-6-12(11)9-14/h3-4,11-12H,5-10H2,1-2H3/b4-3+/t11-,12+,14+. The van der Waals surface area contributed by atoms with E-state index >= 15 is 0 Å². The van der Waals surface area contributed by atoms with Gasteiger partial charge in [0, 0.05) is 0 Å². The second kappa shape index (κ2) is 4.60. The predicted molar refractivity (Wildman–Crippen MR) is 63.9 cm³/mol. The fourth-order valence-corrected chi connectivity index (χ4v) is 3.50. The van der Waals surface area contributed by atoms with Crippen LogP contribution in [0.1, 0.15) is 45.4 Å².